The molecule has 1 fully saturated rings. The molecule has 0 radical (unpaired) electrons. The molecule has 0 unspecified atom stereocenters. The monoisotopic (exact) mass is 191 g/mol. The Balaban J connectivity index is 2.54. The first-order valence-electron chi connectivity index (χ1n) is 2.68. The highest BCUT2D eigenvalue weighted by Gasteiger charge is 2.23. The van der Waals surface area contributed by atoms with Gasteiger partial charge in [-0.1, -0.05) is 15.9 Å². The largest absolute Gasteiger partial charge is 0.295 e. The van der Waals surface area contributed by atoms with E-state index in [0.717, 1.165) is 0 Å². The Bertz CT molecular complexity index is 157. The lowest BCUT2D eigenvalue weighted by molar-refractivity contribution is -0.132. The summed E-state index contributed by atoms with van der Waals surface area (Å²) in [6.45, 7) is 0. The summed E-state index contributed by atoms with van der Waals surface area (Å²) in [5.74, 6) is -0.387. The van der Waals surface area contributed by atoms with E-state index in [0.29, 0.717) is 12.8 Å². The Labute approximate surface area is 60.9 Å². The van der Waals surface area contributed by atoms with E-state index in [2.05, 4.69) is 21.2 Å². The van der Waals surface area contributed by atoms with Gasteiger partial charge in [0.05, 0.1) is 4.83 Å². The lowest BCUT2D eigenvalue weighted by Crippen LogP contribution is -2.41. The van der Waals surface area contributed by atoms with Gasteiger partial charge in [-0.15, -0.1) is 0 Å². The predicted octanol–water partition coefficient (Wildman–Crippen LogP) is 0.186. The summed E-state index contributed by atoms with van der Waals surface area (Å²) in [7, 11) is 0. The number of alkyl halides is 1. The molecule has 4 heteroatoms. The summed E-state index contributed by atoms with van der Waals surface area (Å²) < 4.78 is 0. The molecule has 0 spiro atoms. The third kappa shape index (κ3) is 1.51. The number of carbonyl (C=O) groups is 2. The number of rotatable bonds is 0. The van der Waals surface area contributed by atoms with Crippen molar-refractivity contribution in [2.45, 2.75) is 17.7 Å². The van der Waals surface area contributed by atoms with E-state index in [1.807, 2.05) is 0 Å². The fraction of sp³-hybridized carbons (Fsp3) is 0.600. The highest BCUT2D eigenvalue weighted by atomic mass is 79.9. The molecule has 0 aliphatic carbocycles. The fourth-order valence-corrected chi connectivity index (χ4v) is 1.01. The number of carbonyl (C=O) groups excluding carboxylic acids is 2. The van der Waals surface area contributed by atoms with Crippen molar-refractivity contribution in [2.75, 3.05) is 0 Å². The minimum atomic E-state index is -0.216. The standard InChI is InChI=1S/C5H6BrNO2/c6-3-1-2-4(8)7-5(3)9/h3H,1-2H2,(H,7,8,9)/t3-/m1/s1. The number of hydrogen-bond acceptors (Lipinski definition) is 2. The molecule has 0 bridgehead atoms. The Morgan fingerprint density at radius 1 is 1.56 bits per heavy atom. The van der Waals surface area contributed by atoms with Gasteiger partial charge in [0.2, 0.25) is 11.8 Å². The third-order valence-corrected chi connectivity index (χ3v) is 2.05. The van der Waals surface area contributed by atoms with Gasteiger partial charge >= 0.3 is 0 Å². The maximum Gasteiger partial charge on any atom is 0.240 e. The van der Waals surface area contributed by atoms with Gasteiger partial charge in [0.25, 0.3) is 0 Å². The van der Waals surface area contributed by atoms with Crippen molar-refractivity contribution in [1.82, 2.24) is 5.32 Å². The summed E-state index contributed by atoms with van der Waals surface area (Å²) in [4.78, 5) is 20.9. The highest BCUT2D eigenvalue weighted by molar-refractivity contribution is 9.10. The van der Waals surface area contributed by atoms with Crippen LogP contribution in [0.3, 0.4) is 0 Å². The van der Waals surface area contributed by atoms with E-state index in [4.69, 9.17) is 0 Å². The molecular weight excluding hydrogens is 186 g/mol. The molecule has 1 N–H and O–H groups in total. The van der Waals surface area contributed by atoms with Crippen LogP contribution in [-0.4, -0.2) is 16.6 Å². The Morgan fingerprint density at radius 3 is 2.67 bits per heavy atom. The zero-order valence-electron chi connectivity index (χ0n) is 4.69. The SMILES string of the molecule is O=C1CC[C@@H](Br)C(=O)N1. The van der Waals surface area contributed by atoms with Gasteiger partial charge in [0, 0.05) is 6.42 Å². The molecule has 0 aromatic heterocycles. The quantitative estimate of drug-likeness (QED) is 0.439. The van der Waals surface area contributed by atoms with E-state index in [-0.39, 0.29) is 16.6 Å². The summed E-state index contributed by atoms with van der Waals surface area (Å²) in [6.07, 6.45) is 1.06. The first-order valence-corrected chi connectivity index (χ1v) is 3.59. The third-order valence-electron chi connectivity index (χ3n) is 1.17. The zero-order valence-corrected chi connectivity index (χ0v) is 6.27. The number of imide groups is 1. The van der Waals surface area contributed by atoms with Crippen LogP contribution in [0.2, 0.25) is 0 Å². The van der Waals surface area contributed by atoms with E-state index < -0.39 is 0 Å². The molecule has 9 heavy (non-hydrogen) atoms. The second-order valence-corrected chi connectivity index (χ2v) is 3.02. The van der Waals surface area contributed by atoms with Crippen LogP contribution < -0.4 is 5.32 Å². The lowest BCUT2D eigenvalue weighted by Gasteiger charge is -2.14. The minimum Gasteiger partial charge on any atom is -0.295 e. The van der Waals surface area contributed by atoms with Gasteiger partial charge in [0.15, 0.2) is 0 Å². The molecule has 0 aromatic rings. The van der Waals surface area contributed by atoms with E-state index >= 15 is 0 Å². The van der Waals surface area contributed by atoms with Gasteiger partial charge in [-0.25, -0.2) is 0 Å². The van der Waals surface area contributed by atoms with Crippen molar-refractivity contribution in [2.24, 2.45) is 0 Å². The number of nitrogens with one attached hydrogen (secondary N) is 1. The van der Waals surface area contributed by atoms with Crippen molar-refractivity contribution in [3.63, 3.8) is 0 Å². The first kappa shape index (κ1) is 6.74. The van der Waals surface area contributed by atoms with Crippen molar-refractivity contribution in [3.8, 4) is 0 Å². The average Bonchev–Trinajstić information content (AvgIpc) is 1.80. The molecule has 1 heterocycles. The number of amides is 2. The molecule has 0 saturated carbocycles. The van der Waals surface area contributed by atoms with Gasteiger partial charge in [-0.05, 0) is 6.42 Å². The topological polar surface area (TPSA) is 46.2 Å². The second kappa shape index (κ2) is 2.47. The average molecular weight is 192 g/mol. The van der Waals surface area contributed by atoms with Crippen LogP contribution >= 0.6 is 15.9 Å². The van der Waals surface area contributed by atoms with Crippen molar-refractivity contribution >= 4 is 27.7 Å². The summed E-state index contributed by atoms with van der Waals surface area (Å²) >= 11 is 3.12. The highest BCUT2D eigenvalue weighted by Crippen LogP contribution is 2.11. The van der Waals surface area contributed by atoms with Crippen LogP contribution in [0.15, 0.2) is 0 Å². The van der Waals surface area contributed by atoms with Crippen LogP contribution in [0, 0.1) is 0 Å². The van der Waals surface area contributed by atoms with Crippen LogP contribution in [-0.2, 0) is 9.59 Å². The molecule has 1 atom stereocenters. The van der Waals surface area contributed by atoms with Crippen LogP contribution in [0.1, 0.15) is 12.8 Å². The summed E-state index contributed by atoms with van der Waals surface area (Å²) in [5.41, 5.74) is 0. The first-order chi connectivity index (χ1) is 4.20. The number of piperidine rings is 1. The molecule has 3 nitrogen and oxygen atoms in total. The van der Waals surface area contributed by atoms with Gasteiger partial charge in [-0.3, -0.25) is 14.9 Å². The normalized spacial score (nSPS) is 27.9. The molecule has 0 aromatic carbocycles. The molecule has 1 aliphatic rings. The van der Waals surface area contributed by atoms with E-state index in [9.17, 15) is 9.59 Å². The van der Waals surface area contributed by atoms with Crippen molar-refractivity contribution in [3.05, 3.63) is 0 Å². The number of halogens is 1. The van der Waals surface area contributed by atoms with E-state index in [1.54, 1.807) is 0 Å². The van der Waals surface area contributed by atoms with Gasteiger partial charge < -0.3 is 0 Å². The number of hydrogen-bond donors (Lipinski definition) is 1. The molecule has 1 aliphatic heterocycles. The van der Waals surface area contributed by atoms with Crippen LogP contribution in [0.25, 0.3) is 0 Å². The van der Waals surface area contributed by atoms with Crippen LogP contribution in [0.5, 0.6) is 0 Å². The van der Waals surface area contributed by atoms with Gasteiger partial charge in [0.1, 0.15) is 0 Å². The van der Waals surface area contributed by atoms with E-state index in [1.165, 1.54) is 0 Å². The second-order valence-electron chi connectivity index (χ2n) is 1.92. The van der Waals surface area contributed by atoms with Crippen molar-refractivity contribution in [1.29, 1.82) is 0 Å². The molecule has 1 saturated heterocycles. The predicted molar refractivity (Wildman–Crippen MR) is 35.1 cm³/mol. The molecular formula is C5H6BrNO2. The smallest absolute Gasteiger partial charge is 0.240 e. The Hall–Kier alpha value is -0.380. The summed E-state index contributed by atoms with van der Waals surface area (Å²) in [6, 6.07) is 0. The fourth-order valence-electron chi connectivity index (χ4n) is 0.667. The maximum atomic E-state index is 10.6. The summed E-state index contributed by atoms with van der Waals surface area (Å²) in [5, 5.41) is 2.20. The molecule has 50 valence electrons. The minimum absolute atomic E-state index is 0.171. The lowest BCUT2D eigenvalue weighted by atomic mass is 10.1. The molecule has 1 rings (SSSR count). The van der Waals surface area contributed by atoms with Crippen LogP contribution in [0.4, 0.5) is 0 Å². The Kier molecular flexibility index (Phi) is 1.85. The molecule has 2 amide bonds. The maximum absolute atomic E-state index is 10.6. The Morgan fingerprint density at radius 2 is 2.22 bits per heavy atom. The zero-order chi connectivity index (χ0) is 6.85. The van der Waals surface area contributed by atoms with Gasteiger partial charge in [-0.2, -0.15) is 0 Å². The van der Waals surface area contributed by atoms with Crippen molar-refractivity contribution < 1.29 is 9.59 Å².